The highest BCUT2D eigenvalue weighted by atomic mass is 16.5. The third kappa shape index (κ3) is 20.4. The maximum absolute atomic E-state index is 12.9. The zero-order chi connectivity index (χ0) is 27.6. The molecular formula is C30H57NO5. The molecule has 6 heteroatoms. The normalized spacial score (nSPS) is 11.7. The van der Waals surface area contributed by atoms with Crippen LogP contribution in [0, 0.1) is 5.92 Å². The van der Waals surface area contributed by atoms with Crippen molar-refractivity contribution in [3.8, 4) is 0 Å². The molecule has 1 unspecified atom stereocenters. The first kappa shape index (κ1) is 36.3. The largest absolute Gasteiger partial charge is 0.469 e. The Bertz CT molecular complexity index is 574. The highest BCUT2D eigenvalue weighted by Crippen LogP contribution is 2.16. The molecule has 0 aromatic heterocycles. The first-order valence-corrected chi connectivity index (χ1v) is 14.5. The summed E-state index contributed by atoms with van der Waals surface area (Å²) in [6.07, 6.45) is 20.4. The molecule has 0 radical (unpaired) electrons. The standard InChI is InChI=1S/C28H51NO5.C2H6/c1-6-7-8-9-10-11-12-13-14-15-16-17-18-19-20-21-26(30)29(23-24(2)3)25(28(32)34-5)22-27(31)33-4;1-2/h13-14,24-25H,6-12,15-23H2,1-5H3;1-2H3/b14-13-;. The molecule has 0 aliphatic heterocycles. The lowest BCUT2D eigenvalue weighted by atomic mass is 10.1. The van der Waals surface area contributed by atoms with E-state index in [2.05, 4.69) is 19.1 Å². The predicted molar refractivity (Wildman–Crippen MR) is 150 cm³/mol. The van der Waals surface area contributed by atoms with Crippen LogP contribution in [0.15, 0.2) is 12.2 Å². The number of allylic oxidation sites excluding steroid dienone is 2. The molecule has 212 valence electrons. The Hall–Kier alpha value is -1.85. The van der Waals surface area contributed by atoms with Gasteiger partial charge >= 0.3 is 11.9 Å². The smallest absolute Gasteiger partial charge is 0.329 e. The predicted octanol–water partition coefficient (Wildman–Crippen LogP) is 7.64. The van der Waals surface area contributed by atoms with Gasteiger partial charge in [0.15, 0.2) is 0 Å². The molecular weight excluding hydrogens is 454 g/mol. The summed E-state index contributed by atoms with van der Waals surface area (Å²) < 4.78 is 9.57. The number of hydrogen-bond donors (Lipinski definition) is 0. The van der Waals surface area contributed by atoms with E-state index in [9.17, 15) is 14.4 Å². The topological polar surface area (TPSA) is 72.9 Å². The molecule has 0 aromatic rings. The summed E-state index contributed by atoms with van der Waals surface area (Å²) in [5, 5.41) is 0. The molecule has 0 bridgehead atoms. The summed E-state index contributed by atoms with van der Waals surface area (Å²) in [6, 6.07) is -0.935. The van der Waals surface area contributed by atoms with Crippen LogP contribution in [0.3, 0.4) is 0 Å². The number of unbranched alkanes of at least 4 members (excludes halogenated alkanes) is 11. The highest BCUT2D eigenvalue weighted by molar-refractivity contribution is 5.88. The quantitative estimate of drug-likeness (QED) is 0.0899. The first-order valence-electron chi connectivity index (χ1n) is 14.5. The van der Waals surface area contributed by atoms with Crippen molar-refractivity contribution in [2.75, 3.05) is 20.8 Å². The Kier molecular flexibility index (Phi) is 26.4. The average Bonchev–Trinajstić information content (AvgIpc) is 2.88. The number of esters is 2. The summed E-state index contributed by atoms with van der Waals surface area (Å²) in [4.78, 5) is 38.5. The van der Waals surface area contributed by atoms with E-state index in [1.807, 2.05) is 27.7 Å². The lowest BCUT2D eigenvalue weighted by Gasteiger charge is -2.31. The Labute approximate surface area is 222 Å². The summed E-state index contributed by atoms with van der Waals surface area (Å²) in [7, 11) is 2.55. The summed E-state index contributed by atoms with van der Waals surface area (Å²) in [5.41, 5.74) is 0. The molecule has 0 aromatic carbocycles. The van der Waals surface area contributed by atoms with E-state index in [-0.39, 0.29) is 18.2 Å². The molecule has 1 atom stereocenters. The van der Waals surface area contributed by atoms with Gasteiger partial charge in [0.25, 0.3) is 0 Å². The van der Waals surface area contributed by atoms with Gasteiger partial charge in [-0.2, -0.15) is 0 Å². The lowest BCUT2D eigenvalue weighted by molar-refractivity contribution is -0.158. The van der Waals surface area contributed by atoms with E-state index < -0.39 is 18.0 Å². The molecule has 0 aliphatic carbocycles. The minimum absolute atomic E-state index is 0.106. The summed E-state index contributed by atoms with van der Waals surface area (Å²) in [6.45, 7) is 10.6. The number of ether oxygens (including phenoxy) is 2. The zero-order valence-corrected chi connectivity index (χ0v) is 24.6. The molecule has 6 nitrogen and oxygen atoms in total. The molecule has 0 heterocycles. The molecule has 0 aliphatic rings. The van der Waals surface area contributed by atoms with Crippen molar-refractivity contribution in [2.45, 2.75) is 137 Å². The minimum Gasteiger partial charge on any atom is -0.469 e. The van der Waals surface area contributed by atoms with Crippen molar-refractivity contribution in [2.24, 2.45) is 5.92 Å². The van der Waals surface area contributed by atoms with Gasteiger partial charge in [0.1, 0.15) is 6.04 Å². The second kappa shape index (κ2) is 26.2. The van der Waals surface area contributed by atoms with Gasteiger partial charge in [-0.3, -0.25) is 9.59 Å². The second-order valence-electron chi connectivity index (χ2n) is 9.59. The molecule has 0 spiro atoms. The average molecular weight is 512 g/mol. The minimum atomic E-state index is -0.935. The van der Waals surface area contributed by atoms with E-state index in [0.717, 1.165) is 25.7 Å². The number of amides is 1. The fourth-order valence-corrected chi connectivity index (χ4v) is 3.98. The monoisotopic (exact) mass is 511 g/mol. The molecule has 36 heavy (non-hydrogen) atoms. The van der Waals surface area contributed by atoms with Crippen LogP contribution in [0.25, 0.3) is 0 Å². The Balaban J connectivity index is 0. The number of methoxy groups -OCH3 is 2. The molecule has 0 fully saturated rings. The number of rotatable bonds is 21. The van der Waals surface area contributed by atoms with Crippen molar-refractivity contribution in [1.29, 1.82) is 0 Å². The van der Waals surface area contributed by atoms with E-state index in [1.165, 1.54) is 76.9 Å². The van der Waals surface area contributed by atoms with Crippen LogP contribution in [0.2, 0.25) is 0 Å². The van der Waals surface area contributed by atoms with Gasteiger partial charge in [-0.25, -0.2) is 4.79 Å². The highest BCUT2D eigenvalue weighted by Gasteiger charge is 2.33. The maximum atomic E-state index is 12.9. The molecule has 1 amide bonds. The molecule has 0 N–H and O–H groups in total. The van der Waals surface area contributed by atoms with Crippen LogP contribution < -0.4 is 0 Å². The summed E-state index contributed by atoms with van der Waals surface area (Å²) >= 11 is 0. The van der Waals surface area contributed by atoms with Crippen molar-refractivity contribution in [1.82, 2.24) is 4.90 Å². The maximum Gasteiger partial charge on any atom is 0.329 e. The fraction of sp³-hybridized carbons (Fsp3) is 0.833. The summed E-state index contributed by atoms with van der Waals surface area (Å²) in [5.74, 6) is -1.05. The van der Waals surface area contributed by atoms with Crippen molar-refractivity contribution in [3.63, 3.8) is 0 Å². The Morgan fingerprint density at radius 2 is 1.25 bits per heavy atom. The van der Waals surface area contributed by atoms with Gasteiger partial charge in [-0.15, -0.1) is 0 Å². The Morgan fingerprint density at radius 1 is 0.750 bits per heavy atom. The van der Waals surface area contributed by atoms with Crippen LogP contribution in [0.4, 0.5) is 0 Å². The van der Waals surface area contributed by atoms with Crippen LogP contribution in [0.5, 0.6) is 0 Å². The van der Waals surface area contributed by atoms with E-state index in [1.54, 1.807) is 0 Å². The van der Waals surface area contributed by atoms with Gasteiger partial charge in [0, 0.05) is 13.0 Å². The van der Waals surface area contributed by atoms with Crippen LogP contribution in [0.1, 0.15) is 131 Å². The fourth-order valence-electron chi connectivity index (χ4n) is 3.98. The van der Waals surface area contributed by atoms with Crippen LogP contribution in [-0.4, -0.2) is 49.6 Å². The first-order chi connectivity index (χ1) is 17.4. The van der Waals surface area contributed by atoms with Crippen molar-refractivity contribution >= 4 is 17.8 Å². The number of nitrogens with zero attached hydrogens (tertiary/aromatic N) is 1. The van der Waals surface area contributed by atoms with Gasteiger partial charge in [-0.05, 0) is 38.0 Å². The number of hydrogen-bond acceptors (Lipinski definition) is 5. The van der Waals surface area contributed by atoms with Gasteiger partial charge < -0.3 is 14.4 Å². The zero-order valence-electron chi connectivity index (χ0n) is 24.6. The molecule has 0 rings (SSSR count). The lowest BCUT2D eigenvalue weighted by Crippen LogP contribution is -2.48. The van der Waals surface area contributed by atoms with E-state index in [0.29, 0.717) is 13.0 Å². The van der Waals surface area contributed by atoms with Crippen molar-refractivity contribution in [3.05, 3.63) is 12.2 Å². The van der Waals surface area contributed by atoms with E-state index in [4.69, 9.17) is 9.47 Å². The number of carbonyl (C=O) groups is 3. The van der Waals surface area contributed by atoms with Crippen molar-refractivity contribution < 1.29 is 23.9 Å². The second-order valence-corrected chi connectivity index (χ2v) is 9.59. The molecule has 0 saturated carbocycles. The van der Waals surface area contributed by atoms with E-state index >= 15 is 0 Å². The van der Waals surface area contributed by atoms with Gasteiger partial charge in [0.05, 0.1) is 20.6 Å². The molecule has 0 saturated heterocycles. The van der Waals surface area contributed by atoms with Crippen LogP contribution in [-0.2, 0) is 23.9 Å². The third-order valence-corrected chi connectivity index (χ3v) is 5.97. The van der Waals surface area contributed by atoms with Crippen LogP contribution >= 0.6 is 0 Å². The Morgan fingerprint density at radius 3 is 1.72 bits per heavy atom. The van der Waals surface area contributed by atoms with Gasteiger partial charge in [0.2, 0.25) is 5.91 Å². The number of carbonyl (C=O) groups excluding carboxylic acids is 3. The SMILES string of the molecule is CC.CCCCCCCC/C=C\CCCCCCCC(=O)N(CC(C)C)C(CC(=O)OC)C(=O)OC. The third-order valence-electron chi connectivity index (χ3n) is 5.97. The van der Waals surface area contributed by atoms with Gasteiger partial charge in [-0.1, -0.05) is 98.1 Å².